The molecule has 0 N–H and O–H groups in total. The molecule has 1 aromatic carbocycles. The van der Waals surface area contributed by atoms with Crippen LogP contribution in [0.1, 0.15) is 25.7 Å². The lowest BCUT2D eigenvalue weighted by atomic mass is 10.1. The molecule has 0 saturated heterocycles. The fraction of sp³-hybridized carbons (Fsp3) is 0.562. The second-order valence-corrected chi connectivity index (χ2v) is 5.70. The van der Waals surface area contributed by atoms with Crippen molar-refractivity contribution >= 4 is 5.91 Å². The first kappa shape index (κ1) is 13.3. The van der Waals surface area contributed by atoms with E-state index in [0.717, 1.165) is 24.3 Å². The van der Waals surface area contributed by atoms with Crippen LogP contribution in [-0.4, -0.2) is 37.1 Å². The Morgan fingerprint density at radius 3 is 2.70 bits per heavy atom. The lowest BCUT2D eigenvalue weighted by Gasteiger charge is -2.30. The summed E-state index contributed by atoms with van der Waals surface area (Å²) in [6.45, 7) is 1.09. The molecule has 0 aromatic heterocycles. The first-order chi connectivity index (χ1) is 9.74. The highest BCUT2D eigenvalue weighted by Crippen LogP contribution is 2.31. The van der Waals surface area contributed by atoms with Gasteiger partial charge >= 0.3 is 0 Å². The average Bonchev–Trinajstić information content (AvgIpc) is 3.00. The molecule has 1 amide bonds. The van der Waals surface area contributed by atoms with E-state index in [1.807, 2.05) is 31.3 Å². The number of nitrogens with zero attached hydrogens (tertiary/aromatic N) is 1. The van der Waals surface area contributed by atoms with Crippen LogP contribution in [0.15, 0.2) is 24.3 Å². The third kappa shape index (κ3) is 2.74. The van der Waals surface area contributed by atoms with Gasteiger partial charge in [0.25, 0.3) is 0 Å². The van der Waals surface area contributed by atoms with Gasteiger partial charge < -0.3 is 14.4 Å². The van der Waals surface area contributed by atoms with E-state index < -0.39 is 0 Å². The minimum Gasteiger partial charge on any atom is -0.486 e. The van der Waals surface area contributed by atoms with E-state index >= 15 is 0 Å². The van der Waals surface area contributed by atoms with Crippen molar-refractivity contribution in [2.45, 2.75) is 31.8 Å². The summed E-state index contributed by atoms with van der Waals surface area (Å²) in [5.41, 5.74) is 0. The van der Waals surface area contributed by atoms with Gasteiger partial charge in [-0.05, 0) is 25.0 Å². The number of amides is 1. The minimum absolute atomic E-state index is 0.0831. The zero-order valence-corrected chi connectivity index (χ0v) is 11.9. The number of carbonyl (C=O) groups excluding carboxylic acids is 1. The quantitative estimate of drug-likeness (QED) is 0.850. The summed E-state index contributed by atoms with van der Waals surface area (Å²) in [5, 5.41) is 0. The number of hydrogen-bond donors (Lipinski definition) is 0. The number of hydrogen-bond acceptors (Lipinski definition) is 3. The molecule has 1 unspecified atom stereocenters. The van der Waals surface area contributed by atoms with E-state index in [9.17, 15) is 4.79 Å². The van der Waals surface area contributed by atoms with Crippen molar-refractivity contribution in [1.29, 1.82) is 0 Å². The standard InChI is InChI=1S/C16H21NO3/c1-17(16(18)12-6-2-3-7-12)10-13-11-19-14-8-4-5-9-15(14)20-13/h4-5,8-9,12-13H,2-3,6-7,10-11H2,1H3. The maximum atomic E-state index is 12.3. The first-order valence-corrected chi connectivity index (χ1v) is 7.37. The molecule has 1 fully saturated rings. The van der Waals surface area contributed by atoms with Crippen molar-refractivity contribution in [3.8, 4) is 11.5 Å². The number of likely N-dealkylation sites (N-methyl/N-ethyl adjacent to an activating group) is 1. The fourth-order valence-electron chi connectivity index (χ4n) is 3.03. The van der Waals surface area contributed by atoms with Crippen LogP contribution >= 0.6 is 0 Å². The maximum absolute atomic E-state index is 12.3. The Kier molecular flexibility index (Phi) is 3.81. The molecule has 0 bridgehead atoms. The Morgan fingerprint density at radius 1 is 1.25 bits per heavy atom. The zero-order valence-electron chi connectivity index (χ0n) is 11.9. The summed E-state index contributed by atoms with van der Waals surface area (Å²) >= 11 is 0. The molecular weight excluding hydrogens is 254 g/mol. The minimum atomic E-state index is -0.0831. The highest BCUT2D eigenvalue weighted by atomic mass is 16.6. The van der Waals surface area contributed by atoms with Gasteiger partial charge in [0.2, 0.25) is 5.91 Å². The van der Waals surface area contributed by atoms with Crippen molar-refractivity contribution in [2.24, 2.45) is 5.92 Å². The van der Waals surface area contributed by atoms with E-state index in [4.69, 9.17) is 9.47 Å². The normalized spacial score (nSPS) is 21.8. The highest BCUT2D eigenvalue weighted by molar-refractivity contribution is 5.78. The SMILES string of the molecule is CN(CC1COc2ccccc2O1)C(=O)C1CCCC1. The zero-order chi connectivity index (χ0) is 13.9. The van der Waals surface area contributed by atoms with Crippen LogP contribution in [0.3, 0.4) is 0 Å². The third-order valence-corrected chi connectivity index (χ3v) is 4.13. The predicted octanol–water partition coefficient (Wildman–Crippen LogP) is 2.48. The summed E-state index contributed by atoms with van der Waals surface area (Å²) in [6.07, 6.45) is 4.35. The van der Waals surface area contributed by atoms with Gasteiger partial charge in [0.1, 0.15) is 6.61 Å². The van der Waals surface area contributed by atoms with Gasteiger partial charge in [0.05, 0.1) is 6.54 Å². The van der Waals surface area contributed by atoms with Crippen molar-refractivity contribution in [3.05, 3.63) is 24.3 Å². The lowest BCUT2D eigenvalue weighted by Crippen LogP contribution is -2.43. The Morgan fingerprint density at radius 2 is 1.95 bits per heavy atom. The van der Waals surface area contributed by atoms with Crippen molar-refractivity contribution in [2.75, 3.05) is 20.2 Å². The van der Waals surface area contributed by atoms with Crippen molar-refractivity contribution in [3.63, 3.8) is 0 Å². The predicted molar refractivity (Wildman–Crippen MR) is 75.9 cm³/mol. The molecule has 0 radical (unpaired) electrons. The van der Waals surface area contributed by atoms with Crippen LogP contribution in [0, 0.1) is 5.92 Å². The second-order valence-electron chi connectivity index (χ2n) is 5.70. The Labute approximate surface area is 119 Å². The van der Waals surface area contributed by atoms with Gasteiger partial charge in [-0.15, -0.1) is 0 Å². The summed E-state index contributed by atoms with van der Waals surface area (Å²) in [5.74, 6) is 2.03. The first-order valence-electron chi connectivity index (χ1n) is 7.37. The molecule has 2 aliphatic rings. The summed E-state index contributed by atoms with van der Waals surface area (Å²) < 4.78 is 11.6. The molecule has 4 heteroatoms. The molecule has 0 spiro atoms. The van der Waals surface area contributed by atoms with Gasteiger partial charge in [0, 0.05) is 13.0 Å². The van der Waals surface area contributed by atoms with Gasteiger partial charge in [-0.3, -0.25) is 4.79 Å². The average molecular weight is 275 g/mol. The van der Waals surface area contributed by atoms with Gasteiger partial charge in [0.15, 0.2) is 17.6 Å². The van der Waals surface area contributed by atoms with Gasteiger partial charge in [-0.25, -0.2) is 0 Å². The Hall–Kier alpha value is -1.71. The highest BCUT2D eigenvalue weighted by Gasteiger charge is 2.28. The fourth-order valence-corrected chi connectivity index (χ4v) is 3.03. The number of rotatable bonds is 3. The topological polar surface area (TPSA) is 38.8 Å². The molecule has 1 aromatic rings. The Balaban J connectivity index is 1.57. The van der Waals surface area contributed by atoms with E-state index in [1.54, 1.807) is 4.90 Å². The van der Waals surface area contributed by atoms with Crippen molar-refractivity contribution < 1.29 is 14.3 Å². The number of fused-ring (bicyclic) bond motifs is 1. The molecule has 1 aliphatic carbocycles. The van der Waals surface area contributed by atoms with E-state index in [1.165, 1.54) is 12.8 Å². The van der Waals surface area contributed by atoms with E-state index in [-0.39, 0.29) is 17.9 Å². The molecule has 1 atom stereocenters. The number of para-hydroxylation sites is 2. The van der Waals surface area contributed by atoms with Gasteiger partial charge in [-0.1, -0.05) is 25.0 Å². The third-order valence-electron chi connectivity index (χ3n) is 4.13. The van der Waals surface area contributed by atoms with Crippen LogP contribution < -0.4 is 9.47 Å². The van der Waals surface area contributed by atoms with Crippen LogP contribution in [0.2, 0.25) is 0 Å². The molecule has 1 aliphatic heterocycles. The summed E-state index contributed by atoms with van der Waals surface area (Å²) in [4.78, 5) is 14.1. The van der Waals surface area contributed by atoms with E-state index in [2.05, 4.69) is 0 Å². The largest absolute Gasteiger partial charge is 0.486 e. The molecule has 1 saturated carbocycles. The van der Waals surface area contributed by atoms with Crippen molar-refractivity contribution in [1.82, 2.24) is 4.90 Å². The molecule has 4 nitrogen and oxygen atoms in total. The maximum Gasteiger partial charge on any atom is 0.225 e. The van der Waals surface area contributed by atoms with E-state index in [0.29, 0.717) is 13.2 Å². The van der Waals surface area contributed by atoms with Crippen LogP contribution in [-0.2, 0) is 4.79 Å². The molecular formula is C16H21NO3. The second kappa shape index (κ2) is 5.73. The summed E-state index contributed by atoms with van der Waals surface area (Å²) in [7, 11) is 1.87. The molecule has 20 heavy (non-hydrogen) atoms. The monoisotopic (exact) mass is 275 g/mol. The summed E-state index contributed by atoms with van der Waals surface area (Å²) in [6, 6.07) is 7.66. The molecule has 108 valence electrons. The van der Waals surface area contributed by atoms with Crippen LogP contribution in [0.25, 0.3) is 0 Å². The van der Waals surface area contributed by atoms with Crippen LogP contribution in [0.4, 0.5) is 0 Å². The van der Waals surface area contributed by atoms with Gasteiger partial charge in [-0.2, -0.15) is 0 Å². The smallest absolute Gasteiger partial charge is 0.225 e. The lowest BCUT2D eigenvalue weighted by molar-refractivity contribution is -0.135. The molecule has 1 heterocycles. The molecule has 3 rings (SSSR count). The van der Waals surface area contributed by atoms with Crippen LogP contribution in [0.5, 0.6) is 11.5 Å². The number of ether oxygens (including phenoxy) is 2. The Bertz CT molecular complexity index is 482. The number of benzene rings is 1. The number of carbonyl (C=O) groups is 1.